The van der Waals surface area contributed by atoms with E-state index in [1.54, 1.807) is 0 Å². The van der Waals surface area contributed by atoms with Crippen molar-refractivity contribution in [3.63, 3.8) is 0 Å². The second-order valence-corrected chi connectivity index (χ2v) is 7.42. The van der Waals surface area contributed by atoms with Gasteiger partial charge in [0.25, 0.3) is 5.69 Å². The summed E-state index contributed by atoms with van der Waals surface area (Å²) in [6.07, 6.45) is 3.90. The summed E-state index contributed by atoms with van der Waals surface area (Å²) < 4.78 is 26.2. The number of nitrogens with zero attached hydrogens (tertiary/aromatic N) is 2. The van der Waals surface area contributed by atoms with Gasteiger partial charge in [-0.05, 0) is 18.9 Å². The Morgan fingerprint density at radius 1 is 1.26 bits per heavy atom. The molecule has 0 N–H and O–H groups in total. The molecule has 0 fully saturated rings. The number of rotatable bonds is 6. The number of benzene rings is 1. The van der Waals surface area contributed by atoms with Crippen LogP contribution in [0.4, 0.5) is 5.69 Å². The summed E-state index contributed by atoms with van der Waals surface area (Å²) in [5.41, 5.74) is 0.621. The van der Waals surface area contributed by atoms with Crippen LogP contribution in [0.15, 0.2) is 40.8 Å². The minimum Gasteiger partial charge on any atom is -0.299 e. The zero-order valence-corrected chi connectivity index (χ0v) is 13.6. The van der Waals surface area contributed by atoms with Gasteiger partial charge in [0.05, 0.1) is 4.92 Å². The van der Waals surface area contributed by atoms with Gasteiger partial charge in [0.2, 0.25) is 10.0 Å². The van der Waals surface area contributed by atoms with E-state index in [-0.39, 0.29) is 17.2 Å². The first-order chi connectivity index (χ1) is 10.8. The molecule has 0 saturated carbocycles. The van der Waals surface area contributed by atoms with Crippen molar-refractivity contribution in [2.24, 2.45) is 0 Å². The Kier molecular flexibility index (Phi) is 5.27. The van der Waals surface area contributed by atoms with Crippen molar-refractivity contribution < 1.29 is 18.1 Å². The van der Waals surface area contributed by atoms with Crippen molar-refractivity contribution in [1.29, 1.82) is 0 Å². The number of hydrogen-bond acceptors (Lipinski definition) is 5. The smallest absolute Gasteiger partial charge is 0.289 e. The van der Waals surface area contributed by atoms with Gasteiger partial charge in [-0.3, -0.25) is 14.9 Å². The standard InChI is InChI=1S/C15H18N2O5S/c1-16(11-10-12-6-8-13(18)9-7-12)23(21,22)15-5-3-2-4-14(15)17(19)20/h2-6H,7-11H2,1H3. The largest absolute Gasteiger partial charge is 0.299 e. The highest BCUT2D eigenvalue weighted by atomic mass is 32.2. The predicted octanol–water partition coefficient (Wildman–Crippen LogP) is 2.28. The minimum atomic E-state index is -3.93. The average molecular weight is 338 g/mol. The average Bonchev–Trinajstić information content (AvgIpc) is 2.54. The van der Waals surface area contributed by atoms with Crippen molar-refractivity contribution in [2.45, 2.75) is 30.6 Å². The molecule has 124 valence electrons. The van der Waals surface area contributed by atoms with E-state index < -0.39 is 20.6 Å². The predicted molar refractivity (Wildman–Crippen MR) is 84.5 cm³/mol. The first-order valence-electron chi connectivity index (χ1n) is 7.21. The number of Topliss-reactive ketones (excluding diaryl/α,β-unsaturated/α-hetero) is 1. The lowest BCUT2D eigenvalue weighted by Crippen LogP contribution is -2.29. The second kappa shape index (κ2) is 7.01. The maximum absolute atomic E-state index is 12.5. The van der Waals surface area contributed by atoms with Gasteiger partial charge in [0, 0.05) is 32.5 Å². The van der Waals surface area contributed by atoms with Crippen LogP contribution in [0.1, 0.15) is 25.7 Å². The molecule has 0 heterocycles. The van der Waals surface area contributed by atoms with E-state index >= 15 is 0 Å². The van der Waals surface area contributed by atoms with Crippen LogP contribution in [0, 0.1) is 10.1 Å². The van der Waals surface area contributed by atoms with Gasteiger partial charge in [0.15, 0.2) is 4.90 Å². The number of ketones is 1. The lowest BCUT2D eigenvalue weighted by Gasteiger charge is -2.19. The van der Waals surface area contributed by atoms with Crippen molar-refractivity contribution in [3.8, 4) is 0 Å². The van der Waals surface area contributed by atoms with Gasteiger partial charge >= 0.3 is 0 Å². The summed E-state index contributed by atoms with van der Waals surface area (Å²) in [5, 5.41) is 11.0. The number of hydrogen-bond donors (Lipinski definition) is 0. The minimum absolute atomic E-state index is 0.189. The Morgan fingerprint density at radius 2 is 1.96 bits per heavy atom. The van der Waals surface area contributed by atoms with Crippen molar-refractivity contribution in [2.75, 3.05) is 13.6 Å². The van der Waals surface area contributed by atoms with Crippen LogP contribution in [0.5, 0.6) is 0 Å². The highest BCUT2D eigenvalue weighted by molar-refractivity contribution is 7.89. The number of nitro groups is 1. The van der Waals surface area contributed by atoms with E-state index in [0.717, 1.165) is 9.88 Å². The molecule has 0 atom stereocenters. The number of nitro benzene ring substituents is 1. The highest BCUT2D eigenvalue weighted by Crippen LogP contribution is 2.26. The van der Waals surface area contributed by atoms with Crippen molar-refractivity contribution in [1.82, 2.24) is 4.31 Å². The first-order valence-corrected chi connectivity index (χ1v) is 8.65. The number of carbonyl (C=O) groups excluding carboxylic acids is 1. The molecule has 0 bridgehead atoms. The van der Waals surface area contributed by atoms with Crippen LogP contribution >= 0.6 is 0 Å². The Balaban J connectivity index is 2.13. The van der Waals surface area contributed by atoms with Crippen LogP contribution in [0.2, 0.25) is 0 Å². The molecule has 1 aromatic carbocycles. The van der Waals surface area contributed by atoms with E-state index in [2.05, 4.69) is 0 Å². The molecule has 23 heavy (non-hydrogen) atoms. The Bertz CT molecular complexity index is 755. The molecular formula is C15H18N2O5S. The third-order valence-electron chi connectivity index (χ3n) is 3.84. The summed E-state index contributed by atoms with van der Waals surface area (Å²) in [4.78, 5) is 21.2. The number of carbonyl (C=O) groups is 1. The monoisotopic (exact) mass is 338 g/mol. The molecule has 0 saturated heterocycles. The molecule has 0 aliphatic heterocycles. The third-order valence-corrected chi connectivity index (χ3v) is 5.75. The maximum Gasteiger partial charge on any atom is 0.289 e. The number of sulfonamides is 1. The van der Waals surface area contributed by atoms with Crippen LogP contribution in [-0.4, -0.2) is 37.0 Å². The van der Waals surface area contributed by atoms with Crippen molar-refractivity contribution >= 4 is 21.5 Å². The molecule has 0 spiro atoms. The third kappa shape index (κ3) is 4.02. The van der Waals surface area contributed by atoms with E-state index in [1.165, 1.54) is 31.3 Å². The van der Waals surface area contributed by atoms with E-state index in [0.29, 0.717) is 25.7 Å². The topological polar surface area (TPSA) is 97.6 Å². The van der Waals surface area contributed by atoms with Gasteiger partial charge in [-0.1, -0.05) is 23.8 Å². The van der Waals surface area contributed by atoms with Gasteiger partial charge < -0.3 is 0 Å². The van der Waals surface area contributed by atoms with Gasteiger partial charge in [-0.15, -0.1) is 0 Å². The van der Waals surface area contributed by atoms with Crippen LogP contribution in [0.25, 0.3) is 0 Å². The van der Waals surface area contributed by atoms with Crippen LogP contribution < -0.4 is 0 Å². The molecular weight excluding hydrogens is 320 g/mol. The highest BCUT2D eigenvalue weighted by Gasteiger charge is 2.29. The molecule has 8 heteroatoms. The zero-order valence-electron chi connectivity index (χ0n) is 12.8. The summed E-state index contributed by atoms with van der Waals surface area (Å²) in [5.74, 6) is 0.189. The fourth-order valence-corrected chi connectivity index (χ4v) is 3.73. The lowest BCUT2D eigenvalue weighted by atomic mass is 9.96. The van der Waals surface area contributed by atoms with Gasteiger partial charge in [-0.2, -0.15) is 0 Å². The molecule has 1 aromatic rings. The maximum atomic E-state index is 12.5. The second-order valence-electron chi connectivity index (χ2n) is 5.41. The first kappa shape index (κ1) is 17.3. The van der Waals surface area contributed by atoms with E-state index in [9.17, 15) is 23.3 Å². The normalized spacial score (nSPS) is 15.6. The van der Waals surface area contributed by atoms with Crippen LogP contribution in [0.3, 0.4) is 0 Å². The van der Waals surface area contributed by atoms with Crippen LogP contribution in [-0.2, 0) is 14.8 Å². The molecule has 1 aliphatic rings. The molecule has 0 radical (unpaired) electrons. The molecule has 0 aromatic heterocycles. The molecule has 7 nitrogen and oxygen atoms in total. The van der Waals surface area contributed by atoms with Gasteiger partial charge in [-0.25, -0.2) is 12.7 Å². The molecule has 1 aliphatic carbocycles. The SMILES string of the molecule is CN(CCC1=CCC(=O)CC1)S(=O)(=O)c1ccccc1[N+](=O)[O-]. The van der Waals surface area contributed by atoms with E-state index in [1.807, 2.05) is 6.08 Å². The Labute approximate surface area is 134 Å². The number of allylic oxidation sites excluding steroid dienone is 1. The molecule has 0 unspecified atom stereocenters. The quantitative estimate of drug-likeness (QED) is 0.450. The number of para-hydroxylation sites is 1. The fraction of sp³-hybridized carbons (Fsp3) is 0.400. The van der Waals surface area contributed by atoms with E-state index in [4.69, 9.17) is 0 Å². The Morgan fingerprint density at radius 3 is 2.57 bits per heavy atom. The molecule has 2 rings (SSSR count). The fourth-order valence-electron chi connectivity index (χ4n) is 2.40. The summed E-state index contributed by atoms with van der Waals surface area (Å²) >= 11 is 0. The lowest BCUT2D eigenvalue weighted by molar-refractivity contribution is -0.387. The zero-order chi connectivity index (χ0) is 17.0. The Hall–Kier alpha value is -2.06. The summed E-state index contributed by atoms with van der Waals surface area (Å²) in [7, 11) is -2.53. The van der Waals surface area contributed by atoms with Gasteiger partial charge in [0.1, 0.15) is 5.78 Å². The summed E-state index contributed by atoms with van der Waals surface area (Å²) in [6, 6.07) is 5.31. The molecule has 0 amide bonds. The summed E-state index contributed by atoms with van der Waals surface area (Å²) in [6.45, 7) is 0.217. The van der Waals surface area contributed by atoms with Crippen molar-refractivity contribution in [3.05, 3.63) is 46.0 Å².